The van der Waals surface area contributed by atoms with Crippen LogP contribution in [0.3, 0.4) is 0 Å². The van der Waals surface area contributed by atoms with Crippen molar-refractivity contribution in [3.63, 3.8) is 0 Å². The summed E-state index contributed by atoms with van der Waals surface area (Å²) in [5, 5.41) is 10.2. The molecule has 1 aliphatic rings. The molecule has 21 heavy (non-hydrogen) atoms. The van der Waals surface area contributed by atoms with Crippen LogP contribution in [0.2, 0.25) is 0 Å². The number of hydrogen-bond donors (Lipinski definition) is 1. The van der Waals surface area contributed by atoms with Gasteiger partial charge in [0.25, 0.3) is 0 Å². The summed E-state index contributed by atoms with van der Waals surface area (Å²) in [6, 6.07) is 6.06. The van der Waals surface area contributed by atoms with Crippen LogP contribution in [-0.4, -0.2) is 35.6 Å². The number of benzene rings is 1. The third-order valence-corrected chi connectivity index (χ3v) is 4.38. The number of likely N-dealkylation sites (tertiary alicyclic amines) is 1. The van der Waals surface area contributed by atoms with E-state index in [1.165, 1.54) is 0 Å². The van der Waals surface area contributed by atoms with Crippen molar-refractivity contribution in [2.75, 3.05) is 19.7 Å². The van der Waals surface area contributed by atoms with E-state index in [1.54, 1.807) is 6.26 Å². The number of nitrogens with zero attached hydrogens (tertiary/aromatic N) is 1. The number of furan rings is 1. The van der Waals surface area contributed by atoms with Gasteiger partial charge in [0.05, 0.1) is 12.7 Å². The molecule has 0 atom stereocenters. The third kappa shape index (κ3) is 2.95. The summed E-state index contributed by atoms with van der Waals surface area (Å²) in [6.45, 7) is 3.75. The molecule has 1 aromatic heterocycles. The van der Waals surface area contributed by atoms with Gasteiger partial charge in [-0.2, -0.15) is 0 Å². The fraction of sp³-hybridized carbons (Fsp3) is 0.471. The summed E-state index contributed by atoms with van der Waals surface area (Å²) >= 11 is 0. The second-order valence-electron chi connectivity index (χ2n) is 5.94. The van der Waals surface area contributed by atoms with Crippen molar-refractivity contribution in [1.82, 2.24) is 4.90 Å². The predicted octanol–water partition coefficient (Wildman–Crippen LogP) is 2.51. The van der Waals surface area contributed by atoms with Crippen molar-refractivity contribution in [2.45, 2.75) is 26.2 Å². The molecular formula is C17H21NO3. The van der Waals surface area contributed by atoms with E-state index < -0.39 is 0 Å². The van der Waals surface area contributed by atoms with Gasteiger partial charge in [-0.3, -0.25) is 4.79 Å². The number of rotatable bonds is 3. The lowest BCUT2D eigenvalue weighted by atomic mass is 9.97. The van der Waals surface area contributed by atoms with E-state index in [1.807, 2.05) is 30.0 Å². The molecule has 0 bridgehead atoms. The summed E-state index contributed by atoms with van der Waals surface area (Å²) in [5.41, 5.74) is 2.96. The number of piperidine rings is 1. The van der Waals surface area contributed by atoms with E-state index in [4.69, 9.17) is 9.52 Å². The highest BCUT2D eigenvalue weighted by Gasteiger charge is 2.23. The van der Waals surface area contributed by atoms with Gasteiger partial charge in [0.1, 0.15) is 5.58 Å². The van der Waals surface area contributed by atoms with Crippen molar-refractivity contribution in [3.8, 4) is 0 Å². The van der Waals surface area contributed by atoms with Crippen LogP contribution in [-0.2, 0) is 11.2 Å². The molecule has 4 heteroatoms. The maximum absolute atomic E-state index is 12.4. The first-order chi connectivity index (χ1) is 10.2. The van der Waals surface area contributed by atoms with E-state index in [-0.39, 0.29) is 12.5 Å². The van der Waals surface area contributed by atoms with Gasteiger partial charge in [-0.25, -0.2) is 0 Å². The number of carbonyl (C=O) groups is 1. The summed E-state index contributed by atoms with van der Waals surface area (Å²) in [6.07, 6.45) is 3.88. The molecule has 0 unspecified atom stereocenters. The van der Waals surface area contributed by atoms with E-state index >= 15 is 0 Å². The first-order valence-electron chi connectivity index (χ1n) is 7.52. The quantitative estimate of drug-likeness (QED) is 0.943. The molecule has 1 amide bonds. The minimum absolute atomic E-state index is 0.148. The number of aliphatic hydroxyl groups excluding tert-OH is 1. The Bertz CT molecular complexity index is 639. The average molecular weight is 287 g/mol. The number of carbonyl (C=O) groups excluding carboxylic acids is 1. The van der Waals surface area contributed by atoms with Crippen molar-refractivity contribution in [1.29, 1.82) is 0 Å². The lowest BCUT2D eigenvalue weighted by Crippen LogP contribution is -2.39. The fourth-order valence-corrected chi connectivity index (χ4v) is 2.97. The largest absolute Gasteiger partial charge is 0.464 e. The van der Waals surface area contributed by atoms with Crippen molar-refractivity contribution >= 4 is 16.9 Å². The topological polar surface area (TPSA) is 53.7 Å². The number of aryl methyl sites for hydroxylation is 1. The fourth-order valence-electron chi connectivity index (χ4n) is 2.97. The molecule has 2 aromatic rings. The highest BCUT2D eigenvalue weighted by molar-refractivity contribution is 5.88. The Balaban J connectivity index is 1.69. The molecule has 2 heterocycles. The zero-order valence-corrected chi connectivity index (χ0v) is 12.3. The molecule has 0 aliphatic carbocycles. The van der Waals surface area contributed by atoms with E-state index in [0.29, 0.717) is 12.3 Å². The summed E-state index contributed by atoms with van der Waals surface area (Å²) < 4.78 is 5.55. The lowest BCUT2D eigenvalue weighted by molar-refractivity contribution is -0.132. The minimum atomic E-state index is 0.148. The number of amides is 1. The standard InChI is InChI=1S/C17H21NO3/c1-12-2-3-15-14(11-21-16(15)8-12)9-17(20)18-6-4-13(10-19)5-7-18/h2-3,8,11,13,19H,4-7,9-10H2,1H3. The van der Waals surface area contributed by atoms with Crippen LogP contribution in [0, 0.1) is 12.8 Å². The minimum Gasteiger partial charge on any atom is -0.464 e. The van der Waals surface area contributed by atoms with Crippen molar-refractivity contribution < 1.29 is 14.3 Å². The Morgan fingerprint density at radius 2 is 2.14 bits per heavy atom. The lowest BCUT2D eigenvalue weighted by Gasteiger charge is -2.31. The molecule has 3 rings (SSSR count). The second-order valence-corrected chi connectivity index (χ2v) is 5.94. The average Bonchev–Trinajstić information content (AvgIpc) is 2.89. The van der Waals surface area contributed by atoms with Gasteiger partial charge in [-0.05, 0) is 37.3 Å². The molecule has 0 radical (unpaired) electrons. The summed E-state index contributed by atoms with van der Waals surface area (Å²) in [7, 11) is 0. The zero-order chi connectivity index (χ0) is 14.8. The van der Waals surface area contributed by atoms with Crippen molar-refractivity contribution in [2.24, 2.45) is 5.92 Å². The van der Waals surface area contributed by atoms with Crippen LogP contribution in [0.5, 0.6) is 0 Å². The molecule has 1 N–H and O–H groups in total. The molecule has 112 valence electrons. The number of fused-ring (bicyclic) bond motifs is 1. The molecule has 1 saturated heterocycles. The molecule has 4 nitrogen and oxygen atoms in total. The number of hydrogen-bond acceptors (Lipinski definition) is 3. The third-order valence-electron chi connectivity index (χ3n) is 4.38. The van der Waals surface area contributed by atoms with Crippen LogP contribution in [0.25, 0.3) is 11.0 Å². The summed E-state index contributed by atoms with van der Waals surface area (Å²) in [4.78, 5) is 14.3. The second kappa shape index (κ2) is 5.90. The molecule has 0 saturated carbocycles. The Morgan fingerprint density at radius 3 is 2.86 bits per heavy atom. The normalized spacial score (nSPS) is 16.6. The van der Waals surface area contributed by atoms with Crippen LogP contribution in [0.4, 0.5) is 0 Å². The Labute approximate surface area is 124 Å². The van der Waals surface area contributed by atoms with Gasteiger partial charge in [0, 0.05) is 30.6 Å². The van der Waals surface area contributed by atoms with Gasteiger partial charge < -0.3 is 14.4 Å². The summed E-state index contributed by atoms with van der Waals surface area (Å²) in [5.74, 6) is 0.501. The van der Waals surface area contributed by atoms with Crippen LogP contribution in [0.15, 0.2) is 28.9 Å². The van der Waals surface area contributed by atoms with Crippen LogP contribution >= 0.6 is 0 Å². The monoisotopic (exact) mass is 287 g/mol. The van der Waals surface area contributed by atoms with Gasteiger partial charge in [-0.1, -0.05) is 12.1 Å². The zero-order valence-electron chi connectivity index (χ0n) is 12.3. The van der Waals surface area contributed by atoms with Gasteiger partial charge >= 0.3 is 0 Å². The first-order valence-corrected chi connectivity index (χ1v) is 7.52. The molecule has 1 aliphatic heterocycles. The van der Waals surface area contributed by atoms with Crippen LogP contribution in [0.1, 0.15) is 24.0 Å². The highest BCUT2D eigenvalue weighted by Crippen LogP contribution is 2.24. The highest BCUT2D eigenvalue weighted by atomic mass is 16.3. The van der Waals surface area contributed by atoms with E-state index in [2.05, 4.69) is 0 Å². The Hall–Kier alpha value is -1.81. The smallest absolute Gasteiger partial charge is 0.227 e. The van der Waals surface area contributed by atoms with Gasteiger partial charge in [0.2, 0.25) is 5.91 Å². The van der Waals surface area contributed by atoms with E-state index in [0.717, 1.165) is 48.0 Å². The SMILES string of the molecule is Cc1ccc2c(CC(=O)N3CCC(CO)CC3)coc2c1. The molecular weight excluding hydrogens is 266 g/mol. The van der Waals surface area contributed by atoms with Gasteiger partial charge in [-0.15, -0.1) is 0 Å². The maximum Gasteiger partial charge on any atom is 0.227 e. The predicted molar refractivity (Wildman–Crippen MR) is 81.0 cm³/mol. The van der Waals surface area contributed by atoms with E-state index in [9.17, 15) is 4.79 Å². The molecule has 0 spiro atoms. The van der Waals surface area contributed by atoms with Gasteiger partial charge in [0.15, 0.2) is 0 Å². The Kier molecular flexibility index (Phi) is 3.97. The number of aliphatic hydroxyl groups is 1. The first kappa shape index (κ1) is 14.1. The van der Waals surface area contributed by atoms with Crippen molar-refractivity contribution in [3.05, 3.63) is 35.6 Å². The maximum atomic E-state index is 12.4. The van der Waals surface area contributed by atoms with Crippen LogP contribution < -0.4 is 0 Å². The molecule has 1 fully saturated rings. The Morgan fingerprint density at radius 1 is 1.38 bits per heavy atom. The molecule has 1 aromatic carbocycles.